The Hall–Kier alpha value is -3.65. The number of benzene rings is 2. The first-order valence-corrected chi connectivity index (χ1v) is 11.3. The number of hydrogen-bond acceptors (Lipinski definition) is 7. The first-order valence-electron chi connectivity index (χ1n) is 10.5. The van der Waals surface area contributed by atoms with E-state index in [1.54, 1.807) is 44.8 Å². The normalized spacial score (nSPS) is 15.6. The molecule has 0 N–H and O–H groups in total. The first-order chi connectivity index (χ1) is 16.0. The van der Waals surface area contributed by atoms with E-state index in [9.17, 15) is 9.59 Å². The standard InChI is InChI=1S/C25H24N2O5S/c1-5-32-24(29)21-15(2)26-25-27(22(21)17-11-7-9-13-19(17)31-4)23(28)20(33-25)14-16-10-6-8-12-18(16)30-3/h6-14,22H,5H2,1-4H3/b20-14-/t22-/m1/s1. The van der Waals surface area contributed by atoms with Crippen LogP contribution in [0.3, 0.4) is 0 Å². The minimum Gasteiger partial charge on any atom is -0.496 e. The molecular formula is C25H24N2O5S. The zero-order valence-corrected chi connectivity index (χ0v) is 19.6. The molecule has 1 aromatic heterocycles. The van der Waals surface area contributed by atoms with Crippen LogP contribution in [-0.4, -0.2) is 31.4 Å². The summed E-state index contributed by atoms with van der Waals surface area (Å²) in [4.78, 5) is 31.7. The quantitative estimate of drug-likeness (QED) is 0.524. The van der Waals surface area contributed by atoms with Crippen molar-refractivity contribution < 1.29 is 19.0 Å². The van der Waals surface area contributed by atoms with Crippen LogP contribution in [0.2, 0.25) is 0 Å². The molecule has 0 radical (unpaired) electrons. The third kappa shape index (κ3) is 4.09. The van der Waals surface area contributed by atoms with E-state index < -0.39 is 12.0 Å². The number of carbonyl (C=O) groups is 1. The number of nitrogens with zero attached hydrogens (tertiary/aromatic N) is 2. The second-order valence-electron chi connectivity index (χ2n) is 7.29. The summed E-state index contributed by atoms with van der Waals surface area (Å²) in [6.07, 6.45) is 1.78. The third-order valence-electron chi connectivity index (χ3n) is 5.38. The molecule has 0 fully saturated rings. The zero-order chi connectivity index (χ0) is 23.5. The van der Waals surface area contributed by atoms with Gasteiger partial charge in [-0.3, -0.25) is 9.36 Å². The average Bonchev–Trinajstić information content (AvgIpc) is 3.13. The molecule has 2 aromatic carbocycles. The van der Waals surface area contributed by atoms with Crippen molar-refractivity contribution in [1.82, 2.24) is 4.57 Å². The fourth-order valence-electron chi connectivity index (χ4n) is 3.90. The summed E-state index contributed by atoms with van der Waals surface area (Å²) in [5, 5.41) is 0. The molecule has 0 aliphatic carbocycles. The number of thiazole rings is 1. The number of para-hydroxylation sites is 2. The van der Waals surface area contributed by atoms with Crippen LogP contribution in [0.15, 0.2) is 69.6 Å². The molecule has 0 amide bonds. The van der Waals surface area contributed by atoms with Crippen LogP contribution in [0.4, 0.5) is 0 Å². The average molecular weight is 465 g/mol. The maximum Gasteiger partial charge on any atom is 0.338 e. The van der Waals surface area contributed by atoms with Gasteiger partial charge in [0.05, 0.1) is 36.6 Å². The number of hydrogen-bond donors (Lipinski definition) is 0. The number of ether oxygens (including phenoxy) is 3. The summed E-state index contributed by atoms with van der Waals surface area (Å²) >= 11 is 1.26. The SMILES string of the molecule is CCOC(=O)C1=C(C)N=c2s/c(=C\c3ccccc3OC)c(=O)n2[C@@H]1c1ccccc1OC. The van der Waals surface area contributed by atoms with Gasteiger partial charge >= 0.3 is 5.97 Å². The summed E-state index contributed by atoms with van der Waals surface area (Å²) in [6.45, 7) is 3.72. The lowest BCUT2D eigenvalue weighted by atomic mass is 9.95. The van der Waals surface area contributed by atoms with E-state index in [-0.39, 0.29) is 12.2 Å². The topological polar surface area (TPSA) is 79.1 Å². The van der Waals surface area contributed by atoms with Gasteiger partial charge in [-0.1, -0.05) is 47.7 Å². The molecule has 0 bridgehead atoms. The minimum atomic E-state index is -0.726. The molecule has 1 aliphatic heterocycles. The molecule has 170 valence electrons. The van der Waals surface area contributed by atoms with E-state index in [4.69, 9.17) is 14.2 Å². The molecule has 0 saturated heterocycles. The molecule has 0 unspecified atom stereocenters. The molecule has 1 aliphatic rings. The fraction of sp³-hybridized carbons (Fsp3) is 0.240. The number of methoxy groups -OCH3 is 2. The zero-order valence-electron chi connectivity index (χ0n) is 18.8. The van der Waals surface area contributed by atoms with Gasteiger partial charge in [0.15, 0.2) is 4.80 Å². The Bertz CT molecular complexity index is 1420. The van der Waals surface area contributed by atoms with Crippen molar-refractivity contribution in [1.29, 1.82) is 0 Å². The Morgan fingerprint density at radius 3 is 2.45 bits per heavy atom. The maximum atomic E-state index is 13.7. The van der Waals surface area contributed by atoms with Crippen LogP contribution in [0.1, 0.15) is 31.0 Å². The van der Waals surface area contributed by atoms with Gasteiger partial charge in [-0.05, 0) is 32.1 Å². The molecule has 8 heteroatoms. The summed E-state index contributed by atoms with van der Waals surface area (Å²) < 4.78 is 18.4. The Kier molecular flexibility index (Phi) is 6.46. The molecule has 1 atom stereocenters. The van der Waals surface area contributed by atoms with Crippen molar-refractivity contribution in [3.05, 3.63) is 90.6 Å². The minimum absolute atomic E-state index is 0.215. The van der Waals surface area contributed by atoms with Crippen LogP contribution in [0.5, 0.6) is 11.5 Å². The van der Waals surface area contributed by atoms with Gasteiger partial charge in [0.2, 0.25) is 0 Å². The lowest BCUT2D eigenvalue weighted by Crippen LogP contribution is -2.40. The van der Waals surface area contributed by atoms with Gasteiger partial charge in [-0.2, -0.15) is 0 Å². The van der Waals surface area contributed by atoms with Crippen molar-refractivity contribution in [3.8, 4) is 11.5 Å². The summed E-state index contributed by atoms with van der Waals surface area (Å²) in [6, 6.07) is 14.1. The van der Waals surface area contributed by atoms with Gasteiger partial charge in [0.1, 0.15) is 17.5 Å². The van der Waals surface area contributed by atoms with E-state index in [0.29, 0.717) is 37.7 Å². The van der Waals surface area contributed by atoms with E-state index in [1.807, 2.05) is 42.5 Å². The van der Waals surface area contributed by atoms with Crippen molar-refractivity contribution in [2.75, 3.05) is 20.8 Å². The highest BCUT2D eigenvalue weighted by Gasteiger charge is 2.34. The molecule has 0 spiro atoms. The molecule has 3 aromatic rings. The molecule has 0 saturated carbocycles. The second-order valence-corrected chi connectivity index (χ2v) is 8.30. The van der Waals surface area contributed by atoms with E-state index >= 15 is 0 Å². The smallest absolute Gasteiger partial charge is 0.338 e. The number of rotatable bonds is 6. The van der Waals surface area contributed by atoms with E-state index in [0.717, 1.165) is 5.56 Å². The predicted molar refractivity (Wildman–Crippen MR) is 126 cm³/mol. The van der Waals surface area contributed by atoms with E-state index in [1.165, 1.54) is 11.3 Å². The van der Waals surface area contributed by atoms with Crippen molar-refractivity contribution >= 4 is 23.4 Å². The van der Waals surface area contributed by atoms with Crippen LogP contribution >= 0.6 is 11.3 Å². The van der Waals surface area contributed by atoms with Crippen molar-refractivity contribution in [2.45, 2.75) is 19.9 Å². The monoisotopic (exact) mass is 464 g/mol. The van der Waals surface area contributed by atoms with Crippen LogP contribution in [0.25, 0.3) is 6.08 Å². The van der Waals surface area contributed by atoms with Crippen LogP contribution < -0.4 is 24.4 Å². The van der Waals surface area contributed by atoms with Crippen molar-refractivity contribution in [3.63, 3.8) is 0 Å². The second kappa shape index (κ2) is 9.46. The Labute approximate surface area is 194 Å². The molecule has 2 heterocycles. The lowest BCUT2D eigenvalue weighted by molar-refractivity contribution is -0.139. The molecule has 33 heavy (non-hydrogen) atoms. The summed E-state index contributed by atoms with van der Waals surface area (Å²) in [5.41, 5.74) is 2.03. The molecular weight excluding hydrogens is 440 g/mol. The van der Waals surface area contributed by atoms with Crippen LogP contribution in [0, 0.1) is 0 Å². The Morgan fingerprint density at radius 1 is 1.09 bits per heavy atom. The fourth-order valence-corrected chi connectivity index (χ4v) is 4.94. The highest BCUT2D eigenvalue weighted by Crippen LogP contribution is 2.35. The van der Waals surface area contributed by atoms with Crippen molar-refractivity contribution in [2.24, 2.45) is 4.99 Å². The van der Waals surface area contributed by atoms with E-state index in [2.05, 4.69) is 4.99 Å². The summed E-state index contributed by atoms with van der Waals surface area (Å²) in [5.74, 6) is 0.722. The molecule has 7 nitrogen and oxygen atoms in total. The largest absolute Gasteiger partial charge is 0.496 e. The Morgan fingerprint density at radius 2 is 1.76 bits per heavy atom. The molecule has 4 rings (SSSR count). The van der Waals surface area contributed by atoms with Gasteiger partial charge in [-0.15, -0.1) is 0 Å². The number of allylic oxidation sites excluding steroid dienone is 1. The highest BCUT2D eigenvalue weighted by atomic mass is 32.1. The number of fused-ring (bicyclic) bond motifs is 1. The van der Waals surface area contributed by atoms with Gasteiger partial charge in [0.25, 0.3) is 5.56 Å². The maximum absolute atomic E-state index is 13.7. The predicted octanol–water partition coefficient (Wildman–Crippen LogP) is 2.82. The number of carbonyl (C=O) groups excluding carboxylic acids is 1. The van der Waals surface area contributed by atoms with Crippen LogP contribution in [-0.2, 0) is 9.53 Å². The third-order valence-corrected chi connectivity index (χ3v) is 6.36. The summed E-state index contributed by atoms with van der Waals surface area (Å²) in [7, 11) is 3.15. The van der Waals surface area contributed by atoms with Gasteiger partial charge in [0, 0.05) is 11.1 Å². The highest BCUT2D eigenvalue weighted by molar-refractivity contribution is 7.07. The first kappa shape index (κ1) is 22.5. The Balaban J connectivity index is 2.00. The number of aromatic nitrogens is 1. The lowest BCUT2D eigenvalue weighted by Gasteiger charge is -2.25. The number of esters is 1. The van der Waals surface area contributed by atoms with Gasteiger partial charge < -0.3 is 14.2 Å². The van der Waals surface area contributed by atoms with Gasteiger partial charge in [-0.25, -0.2) is 9.79 Å².